The second-order valence-corrected chi connectivity index (χ2v) is 4.44. The molecule has 0 fully saturated rings. The smallest absolute Gasteiger partial charge is 0 e. The van der Waals surface area contributed by atoms with Gasteiger partial charge >= 0.3 is 0 Å². The molecule has 0 aromatic carbocycles. The number of rotatable bonds is 0. The van der Waals surface area contributed by atoms with Gasteiger partial charge in [-0.3, -0.25) is 0 Å². The quantitative estimate of drug-likeness (QED) is 0.485. The van der Waals surface area contributed by atoms with Crippen LogP contribution in [0.1, 0.15) is 0 Å². The minimum Gasteiger partial charge on any atom is -0.784 e. The Morgan fingerprint density at radius 3 is 1.50 bits per heavy atom. The van der Waals surface area contributed by atoms with Gasteiger partial charge in [-0.2, -0.15) is 0 Å². The average molecular weight is 179 g/mol. The van der Waals surface area contributed by atoms with Crippen molar-refractivity contribution in [2.45, 2.75) is 0 Å². The van der Waals surface area contributed by atoms with Crippen LogP contribution in [0.3, 0.4) is 0 Å². The maximum absolute atomic E-state index is 8.49. The molecule has 0 aliphatic carbocycles. The van der Waals surface area contributed by atoms with Crippen LogP contribution in [0.2, 0.25) is 0 Å². The third kappa shape index (κ3) is 69.0. The van der Waals surface area contributed by atoms with Crippen LogP contribution in [-0.4, -0.2) is 18.4 Å². The van der Waals surface area contributed by atoms with Crippen molar-refractivity contribution in [3.63, 3.8) is 0 Å². The van der Waals surface area contributed by atoms with E-state index in [1.54, 1.807) is 12.5 Å². The standard InChI is InChI=1S/C3H8NS.Y/c1-5(2,3)4;/h1H2,2-3H3;/q-1;. The van der Waals surface area contributed by atoms with Crippen molar-refractivity contribution >= 4 is 15.3 Å². The predicted octanol–water partition coefficient (Wildman–Crippen LogP) is 0.583. The molecule has 0 atom stereocenters. The van der Waals surface area contributed by atoms with Gasteiger partial charge in [-0.05, 0) is 12.5 Å². The zero-order valence-electron chi connectivity index (χ0n) is 4.14. The molecular formula is C3H8NSY-. The molecule has 0 unspecified atom stereocenters. The minimum absolute atomic E-state index is 0. The van der Waals surface area contributed by atoms with E-state index in [1.165, 1.54) is 0 Å². The summed E-state index contributed by atoms with van der Waals surface area (Å²) >= 11 is 0. The van der Waals surface area contributed by atoms with Crippen molar-refractivity contribution in [1.82, 2.24) is 0 Å². The van der Waals surface area contributed by atoms with Crippen LogP contribution >= 0.6 is 0 Å². The Kier molecular flexibility index (Phi) is 5.37. The normalized spacial score (nSPS) is 9.67. The molecular weight excluding hydrogens is 171 g/mol. The summed E-state index contributed by atoms with van der Waals surface area (Å²) in [7, 11) is -1.42. The predicted molar refractivity (Wildman–Crippen MR) is 29.7 cm³/mol. The maximum Gasteiger partial charge on any atom is 0 e. The van der Waals surface area contributed by atoms with Crippen LogP contribution in [-0.2, 0) is 42.1 Å². The molecule has 1 radical (unpaired) electrons. The summed E-state index contributed by atoms with van der Waals surface area (Å²) in [6.45, 7) is 0. The fraction of sp³-hybridized carbons (Fsp3) is 0.667. The van der Waals surface area contributed by atoms with Crippen molar-refractivity contribution in [2.24, 2.45) is 0 Å². The summed E-state index contributed by atoms with van der Waals surface area (Å²) in [6.07, 6.45) is 3.43. The summed E-state index contributed by atoms with van der Waals surface area (Å²) in [4.78, 5) is 0. The monoisotopic (exact) mass is 179 g/mol. The molecule has 0 aromatic heterocycles. The maximum atomic E-state index is 8.49. The van der Waals surface area contributed by atoms with Gasteiger partial charge in [0.05, 0.1) is 0 Å². The van der Waals surface area contributed by atoms with Crippen LogP contribution in [0.5, 0.6) is 0 Å². The van der Waals surface area contributed by atoms with Crippen LogP contribution < -0.4 is 0 Å². The Morgan fingerprint density at radius 2 is 1.50 bits per heavy atom. The molecule has 0 N–H and O–H groups in total. The molecule has 0 aliphatic rings. The third-order valence-corrected chi connectivity index (χ3v) is 0. The van der Waals surface area contributed by atoms with Crippen LogP contribution in [0.25, 0.3) is 4.78 Å². The Bertz CT molecular complexity index is 94.0. The van der Waals surface area contributed by atoms with Gasteiger partial charge in [0.2, 0.25) is 0 Å². The van der Waals surface area contributed by atoms with Gasteiger partial charge in [0, 0.05) is 32.7 Å². The van der Waals surface area contributed by atoms with E-state index in [4.69, 9.17) is 4.78 Å². The van der Waals surface area contributed by atoms with Gasteiger partial charge in [0.1, 0.15) is 0 Å². The van der Waals surface area contributed by atoms with Gasteiger partial charge in [0.15, 0.2) is 0 Å². The summed E-state index contributed by atoms with van der Waals surface area (Å²) in [5, 5.41) is 0. The van der Waals surface area contributed by atoms with Crippen LogP contribution in [0, 0.1) is 0 Å². The molecule has 3 heteroatoms. The van der Waals surface area contributed by atoms with E-state index in [9.17, 15) is 0 Å². The summed E-state index contributed by atoms with van der Waals surface area (Å²) in [5.74, 6) is 3.41. The first-order chi connectivity index (χ1) is 2.00. The summed E-state index contributed by atoms with van der Waals surface area (Å²) < 4.78 is 8.49. The van der Waals surface area contributed by atoms with E-state index in [-0.39, 0.29) is 32.7 Å². The molecule has 0 saturated carbocycles. The summed E-state index contributed by atoms with van der Waals surface area (Å²) in [5.41, 5.74) is 0. The first-order valence-electron chi connectivity index (χ1n) is 1.29. The molecule has 0 saturated heterocycles. The largest absolute Gasteiger partial charge is 0.784 e. The van der Waals surface area contributed by atoms with E-state index in [0.717, 1.165) is 0 Å². The van der Waals surface area contributed by atoms with Crippen molar-refractivity contribution in [3.05, 3.63) is 4.78 Å². The second kappa shape index (κ2) is 3.17. The Balaban J connectivity index is 0. The fourth-order valence-corrected chi connectivity index (χ4v) is 0. The molecule has 35 valence electrons. The molecule has 0 bridgehead atoms. The molecule has 0 spiro atoms. The second-order valence-electron chi connectivity index (χ2n) is 1.48. The molecule has 0 amide bonds. The van der Waals surface area contributed by atoms with Crippen molar-refractivity contribution in [2.75, 3.05) is 12.5 Å². The molecule has 0 rings (SSSR count). The van der Waals surface area contributed by atoms with E-state index in [1.807, 2.05) is 0 Å². The van der Waals surface area contributed by atoms with Crippen molar-refractivity contribution < 1.29 is 32.7 Å². The molecule has 0 aliphatic heterocycles. The third-order valence-electron chi connectivity index (χ3n) is 0. The first kappa shape index (κ1) is 10.2. The molecule has 0 heterocycles. The van der Waals surface area contributed by atoms with Crippen molar-refractivity contribution in [1.29, 1.82) is 0 Å². The Hall–Kier alpha value is 1.12. The molecule has 0 aromatic rings. The Morgan fingerprint density at radius 1 is 1.50 bits per heavy atom. The first-order valence-corrected chi connectivity index (χ1v) is 3.86. The van der Waals surface area contributed by atoms with E-state index in [0.29, 0.717) is 0 Å². The van der Waals surface area contributed by atoms with E-state index >= 15 is 0 Å². The molecule has 6 heavy (non-hydrogen) atoms. The fourth-order valence-electron chi connectivity index (χ4n) is 0. The zero-order valence-corrected chi connectivity index (χ0v) is 7.79. The van der Waals surface area contributed by atoms with Gasteiger partial charge in [-0.15, -0.1) is 0 Å². The van der Waals surface area contributed by atoms with Gasteiger partial charge in [0.25, 0.3) is 0 Å². The number of hydrogen-bond donors (Lipinski definition) is 0. The van der Waals surface area contributed by atoms with Crippen LogP contribution in [0.15, 0.2) is 0 Å². The number of nitrogens with zero attached hydrogens (tertiary/aromatic N) is 1. The minimum atomic E-state index is -1.42. The molecule has 1 nitrogen and oxygen atoms in total. The number of hydrogen-bond acceptors (Lipinski definition) is 0. The van der Waals surface area contributed by atoms with E-state index in [2.05, 4.69) is 5.87 Å². The zero-order chi connectivity index (χ0) is 4.50. The van der Waals surface area contributed by atoms with Crippen LogP contribution in [0.4, 0.5) is 0 Å². The van der Waals surface area contributed by atoms with Crippen molar-refractivity contribution in [3.8, 4) is 0 Å². The average Bonchev–Trinajstić information content (AvgIpc) is 0.722. The topological polar surface area (TPSA) is 22.3 Å². The SMILES string of the molecule is C=S(C)(C)=[N-].[Y]. The Labute approximate surface area is 64.8 Å². The van der Waals surface area contributed by atoms with Gasteiger partial charge in [-0.25, -0.2) is 0 Å². The summed E-state index contributed by atoms with van der Waals surface area (Å²) in [6, 6.07) is 0. The van der Waals surface area contributed by atoms with E-state index < -0.39 is 9.41 Å². The van der Waals surface area contributed by atoms with Gasteiger partial charge < -0.3 is 14.2 Å². The van der Waals surface area contributed by atoms with Gasteiger partial charge in [-0.1, -0.05) is 5.87 Å².